The summed E-state index contributed by atoms with van der Waals surface area (Å²) in [7, 11) is 0. The summed E-state index contributed by atoms with van der Waals surface area (Å²) in [5.41, 5.74) is -3.96. The molecule has 4 unspecified atom stereocenters. The Hall–Kier alpha value is -2.96. The van der Waals surface area contributed by atoms with Gasteiger partial charge in [0.05, 0.1) is 24.1 Å². The fourth-order valence-electron chi connectivity index (χ4n) is 4.57. The normalized spacial score (nSPS) is 30.5. The standard InChI is InChI=1S/C22H13BrClFN4O2/c1-12-21(11-28)19(29)31-22(12,13-3-2-4-15(24)7-13)30-18(20(21,9-26)10-27)16-6-5-14(23)8-17(16)25/h2-8,12,18,29H,1H3. The largest absolute Gasteiger partial charge is 0.443 e. The second kappa shape index (κ2) is 7.04. The van der Waals surface area contributed by atoms with Gasteiger partial charge < -0.3 is 9.47 Å². The maximum atomic E-state index is 15.0. The summed E-state index contributed by atoms with van der Waals surface area (Å²) in [5, 5.41) is 39.4. The van der Waals surface area contributed by atoms with Crippen LogP contribution in [0.5, 0.6) is 0 Å². The number of rotatable bonds is 2. The molecular weight excluding hydrogens is 487 g/mol. The monoisotopic (exact) mass is 498 g/mol. The zero-order valence-electron chi connectivity index (χ0n) is 16.0. The first-order valence-corrected chi connectivity index (χ1v) is 10.3. The van der Waals surface area contributed by atoms with Gasteiger partial charge in [0.25, 0.3) is 0 Å². The van der Waals surface area contributed by atoms with E-state index in [0.717, 1.165) is 0 Å². The van der Waals surface area contributed by atoms with Crippen LogP contribution in [0.25, 0.3) is 0 Å². The second-order valence-corrected chi connectivity index (χ2v) is 8.80. The molecule has 2 heterocycles. The third kappa shape index (κ3) is 2.52. The van der Waals surface area contributed by atoms with Crippen molar-refractivity contribution in [2.75, 3.05) is 0 Å². The fourth-order valence-corrected chi connectivity index (χ4v) is 5.09. The van der Waals surface area contributed by atoms with E-state index >= 15 is 4.39 Å². The van der Waals surface area contributed by atoms with E-state index in [9.17, 15) is 15.8 Å². The van der Waals surface area contributed by atoms with Crippen molar-refractivity contribution in [1.82, 2.24) is 0 Å². The molecule has 4 atom stereocenters. The van der Waals surface area contributed by atoms with Crippen molar-refractivity contribution < 1.29 is 13.9 Å². The molecule has 0 amide bonds. The number of nitriles is 3. The molecule has 0 radical (unpaired) electrons. The van der Waals surface area contributed by atoms with Gasteiger partial charge in [0.15, 0.2) is 5.41 Å². The second-order valence-electron chi connectivity index (χ2n) is 7.45. The summed E-state index contributed by atoms with van der Waals surface area (Å²) < 4.78 is 27.5. The average molecular weight is 500 g/mol. The molecule has 9 heteroatoms. The summed E-state index contributed by atoms with van der Waals surface area (Å²) in [6.45, 7) is 1.57. The molecular formula is C22H13BrClFN4O2. The Bertz CT molecular complexity index is 1240. The molecule has 0 aliphatic carbocycles. The molecule has 2 aromatic rings. The topological polar surface area (TPSA) is 114 Å². The number of hydrogen-bond donors (Lipinski definition) is 1. The van der Waals surface area contributed by atoms with E-state index in [2.05, 4.69) is 15.9 Å². The molecule has 2 aliphatic rings. The summed E-state index contributed by atoms with van der Waals surface area (Å²) in [5.74, 6) is -3.99. The smallest absolute Gasteiger partial charge is 0.244 e. The summed E-state index contributed by atoms with van der Waals surface area (Å²) in [6, 6.07) is 16.3. The van der Waals surface area contributed by atoms with Crippen LogP contribution in [-0.2, 0) is 15.3 Å². The first-order chi connectivity index (χ1) is 14.7. The van der Waals surface area contributed by atoms with E-state index in [1.807, 2.05) is 18.2 Å². The van der Waals surface area contributed by atoms with Crippen LogP contribution in [0.1, 0.15) is 24.2 Å². The van der Waals surface area contributed by atoms with Crippen LogP contribution >= 0.6 is 27.5 Å². The minimum absolute atomic E-state index is 0.0949. The van der Waals surface area contributed by atoms with Gasteiger partial charge >= 0.3 is 0 Å². The molecule has 2 bridgehead atoms. The van der Waals surface area contributed by atoms with Gasteiger partial charge in [0.1, 0.15) is 11.9 Å². The lowest BCUT2D eigenvalue weighted by molar-refractivity contribution is -0.289. The van der Waals surface area contributed by atoms with Crippen LogP contribution in [0, 0.1) is 62.0 Å². The number of nitrogens with zero attached hydrogens (tertiary/aromatic N) is 3. The molecule has 31 heavy (non-hydrogen) atoms. The van der Waals surface area contributed by atoms with Crippen molar-refractivity contribution in [3.8, 4) is 18.2 Å². The number of halogens is 3. The minimum atomic E-state index is -2.24. The Balaban J connectivity index is 2.07. The Morgan fingerprint density at radius 1 is 1.13 bits per heavy atom. The van der Waals surface area contributed by atoms with Crippen LogP contribution in [0.2, 0.25) is 5.02 Å². The lowest BCUT2D eigenvalue weighted by Gasteiger charge is -2.48. The van der Waals surface area contributed by atoms with Crippen LogP contribution in [0.3, 0.4) is 0 Å². The van der Waals surface area contributed by atoms with Crippen molar-refractivity contribution in [2.24, 2.45) is 16.7 Å². The number of ether oxygens (including phenoxy) is 2. The van der Waals surface area contributed by atoms with Crippen molar-refractivity contribution in [2.45, 2.75) is 18.8 Å². The van der Waals surface area contributed by atoms with Gasteiger partial charge in [-0.15, -0.1) is 0 Å². The van der Waals surface area contributed by atoms with E-state index in [0.29, 0.717) is 15.1 Å². The zero-order chi connectivity index (χ0) is 22.6. The highest BCUT2D eigenvalue weighted by molar-refractivity contribution is 9.10. The number of fused-ring (bicyclic) bond motifs is 2. The van der Waals surface area contributed by atoms with E-state index in [1.54, 1.807) is 37.3 Å². The Morgan fingerprint density at radius 2 is 1.84 bits per heavy atom. The highest BCUT2D eigenvalue weighted by Crippen LogP contribution is 2.69. The molecule has 0 saturated carbocycles. The number of benzene rings is 2. The third-order valence-electron chi connectivity index (χ3n) is 6.14. The predicted octanol–water partition coefficient (Wildman–Crippen LogP) is 5.35. The maximum Gasteiger partial charge on any atom is 0.244 e. The SMILES string of the molecule is CC1C2(c3cccc(Cl)c3)OC(=N)C1(C#N)C(C#N)(C#N)C(c1ccc(Br)cc1F)O2. The van der Waals surface area contributed by atoms with Gasteiger partial charge in [-0.3, -0.25) is 5.41 Å². The quantitative estimate of drug-likeness (QED) is 0.598. The van der Waals surface area contributed by atoms with Crippen LogP contribution in [-0.4, -0.2) is 5.90 Å². The Labute approximate surface area is 191 Å². The first kappa shape index (κ1) is 21.3. The van der Waals surface area contributed by atoms with Gasteiger partial charge in [-0.05, 0) is 24.3 Å². The van der Waals surface area contributed by atoms with Crippen molar-refractivity contribution in [1.29, 1.82) is 21.2 Å². The fraction of sp³-hybridized carbons (Fsp3) is 0.273. The average Bonchev–Trinajstić information content (AvgIpc) is 2.90. The highest BCUT2D eigenvalue weighted by Gasteiger charge is 2.80. The molecule has 2 fully saturated rings. The summed E-state index contributed by atoms with van der Waals surface area (Å²) >= 11 is 9.34. The van der Waals surface area contributed by atoms with E-state index in [4.69, 9.17) is 26.5 Å². The Kier molecular flexibility index (Phi) is 4.83. The zero-order valence-corrected chi connectivity index (χ0v) is 18.3. The van der Waals surface area contributed by atoms with Gasteiger partial charge in [0, 0.05) is 20.6 Å². The maximum absolute atomic E-state index is 15.0. The van der Waals surface area contributed by atoms with Crippen LogP contribution in [0.15, 0.2) is 46.9 Å². The van der Waals surface area contributed by atoms with Crippen LogP contribution in [0.4, 0.5) is 4.39 Å². The van der Waals surface area contributed by atoms with Crippen molar-refractivity contribution >= 4 is 33.4 Å². The lowest BCUT2D eigenvalue weighted by Crippen LogP contribution is -2.57. The summed E-state index contributed by atoms with van der Waals surface area (Å²) in [6.07, 6.45) is -1.52. The van der Waals surface area contributed by atoms with Gasteiger partial charge in [0.2, 0.25) is 17.1 Å². The highest BCUT2D eigenvalue weighted by atomic mass is 79.9. The van der Waals surface area contributed by atoms with Crippen molar-refractivity contribution in [3.63, 3.8) is 0 Å². The molecule has 0 spiro atoms. The third-order valence-corrected chi connectivity index (χ3v) is 6.87. The molecule has 154 valence electrons. The van der Waals surface area contributed by atoms with Crippen LogP contribution < -0.4 is 0 Å². The number of hydrogen-bond acceptors (Lipinski definition) is 6. The predicted molar refractivity (Wildman–Crippen MR) is 111 cm³/mol. The summed E-state index contributed by atoms with van der Waals surface area (Å²) in [4.78, 5) is 0. The molecule has 2 aliphatic heterocycles. The van der Waals surface area contributed by atoms with E-state index < -0.39 is 40.4 Å². The van der Waals surface area contributed by atoms with Gasteiger partial charge in [-0.2, -0.15) is 15.8 Å². The molecule has 0 aromatic heterocycles. The minimum Gasteiger partial charge on any atom is -0.443 e. The van der Waals surface area contributed by atoms with E-state index in [1.165, 1.54) is 12.1 Å². The van der Waals surface area contributed by atoms with Gasteiger partial charge in [-0.1, -0.05) is 52.7 Å². The van der Waals surface area contributed by atoms with E-state index in [-0.39, 0.29) is 5.56 Å². The molecule has 1 N–H and O–H groups in total. The molecule has 4 rings (SSSR count). The lowest BCUT2D eigenvalue weighted by atomic mass is 9.53. The van der Waals surface area contributed by atoms with Crippen molar-refractivity contribution in [3.05, 3.63) is 68.9 Å². The number of nitrogens with one attached hydrogen (secondary N) is 1. The first-order valence-electron chi connectivity index (χ1n) is 9.13. The Morgan fingerprint density at radius 3 is 2.42 bits per heavy atom. The molecule has 2 saturated heterocycles. The molecule has 2 aromatic carbocycles. The van der Waals surface area contributed by atoms with Gasteiger partial charge in [-0.25, -0.2) is 4.39 Å². The molecule has 6 nitrogen and oxygen atoms in total.